The van der Waals surface area contributed by atoms with Crippen molar-refractivity contribution < 1.29 is 32.2 Å². The Labute approximate surface area is 208 Å². The Kier molecular flexibility index (Phi) is 5.54. The fourth-order valence-electron chi connectivity index (χ4n) is 6.77. The number of fused-ring (bicyclic) bond motifs is 2. The van der Waals surface area contributed by atoms with Crippen LogP contribution in [0.15, 0.2) is 29.3 Å². The Bertz CT molecular complexity index is 1130. The molecule has 1 aromatic rings. The fourth-order valence-corrected chi connectivity index (χ4v) is 6.77. The first-order valence-corrected chi connectivity index (χ1v) is 12.9. The summed E-state index contributed by atoms with van der Waals surface area (Å²) in [5, 5.41) is 0. The largest absolute Gasteiger partial charge is 0.450 e. The molecule has 2 saturated heterocycles. The van der Waals surface area contributed by atoms with E-state index in [0.29, 0.717) is 42.1 Å². The van der Waals surface area contributed by atoms with Crippen LogP contribution in [-0.4, -0.2) is 66.2 Å². The monoisotopic (exact) mass is 504 g/mol. The molecule has 0 N–H and O–H groups in total. The summed E-state index contributed by atoms with van der Waals surface area (Å²) < 4.78 is 51.6. The third-order valence-electron chi connectivity index (χ3n) is 8.95. The summed E-state index contributed by atoms with van der Waals surface area (Å²) in [6.45, 7) is 5.15. The van der Waals surface area contributed by atoms with E-state index in [1.165, 1.54) is 6.07 Å². The lowest BCUT2D eigenvalue weighted by Crippen LogP contribution is -2.53. The number of carbonyl (C=O) groups excluding carboxylic acids is 2. The van der Waals surface area contributed by atoms with Crippen LogP contribution in [0.3, 0.4) is 0 Å². The van der Waals surface area contributed by atoms with Gasteiger partial charge in [-0.05, 0) is 55.9 Å². The van der Waals surface area contributed by atoms with E-state index in [4.69, 9.17) is 9.47 Å². The molecule has 0 aromatic heterocycles. The minimum absolute atomic E-state index is 0.106. The Balaban J connectivity index is 1.26. The number of halogens is 3. The van der Waals surface area contributed by atoms with Crippen molar-refractivity contribution in [2.45, 2.75) is 75.2 Å². The van der Waals surface area contributed by atoms with Gasteiger partial charge in [-0.3, -0.25) is 9.69 Å². The SMILES string of the molecule is CC1=C(C(=O)N2Cc3cc(C(F)(F)F)ccc3C3(CC3)C2)C2(CCN(C3CCOCC3)CC2)OC1=O. The topological polar surface area (TPSA) is 59.1 Å². The molecule has 0 radical (unpaired) electrons. The van der Waals surface area contributed by atoms with Gasteiger partial charge in [-0.2, -0.15) is 13.2 Å². The van der Waals surface area contributed by atoms with Crippen molar-refractivity contribution in [3.05, 3.63) is 46.0 Å². The standard InChI is InChI=1S/C27H31F3N2O4/c1-17-22(26(36-24(17)34)8-10-31(11-9-26)20-4-12-35-13-5-20)23(33)32-15-18-14-19(27(28,29)30)2-3-21(18)25(16-32)6-7-25/h2-3,14,20H,4-13,15-16H2,1H3. The zero-order chi connectivity index (χ0) is 25.3. The highest BCUT2D eigenvalue weighted by molar-refractivity contribution is 6.07. The smallest absolute Gasteiger partial charge is 0.416 e. The van der Waals surface area contributed by atoms with Crippen LogP contribution in [0.5, 0.6) is 0 Å². The Morgan fingerprint density at radius 3 is 2.42 bits per heavy atom. The summed E-state index contributed by atoms with van der Waals surface area (Å²) >= 11 is 0. The second-order valence-corrected chi connectivity index (χ2v) is 11.1. The molecule has 5 aliphatic rings. The number of hydrogen-bond donors (Lipinski definition) is 0. The lowest BCUT2D eigenvalue weighted by atomic mass is 9.80. The van der Waals surface area contributed by atoms with Crippen LogP contribution in [0, 0.1) is 0 Å². The predicted molar refractivity (Wildman–Crippen MR) is 124 cm³/mol. The van der Waals surface area contributed by atoms with Crippen molar-refractivity contribution in [1.29, 1.82) is 0 Å². The van der Waals surface area contributed by atoms with Crippen LogP contribution in [0.1, 0.15) is 62.1 Å². The number of carbonyl (C=O) groups is 2. The van der Waals surface area contributed by atoms with Crippen molar-refractivity contribution in [1.82, 2.24) is 9.80 Å². The summed E-state index contributed by atoms with van der Waals surface area (Å²) in [4.78, 5) is 30.8. The van der Waals surface area contributed by atoms with Gasteiger partial charge in [-0.25, -0.2) is 4.79 Å². The Morgan fingerprint density at radius 2 is 1.78 bits per heavy atom. The molecule has 0 unspecified atom stereocenters. The van der Waals surface area contributed by atoms with Crippen LogP contribution in [-0.2, 0) is 37.2 Å². The van der Waals surface area contributed by atoms with E-state index in [1.54, 1.807) is 17.9 Å². The number of rotatable bonds is 2. The van der Waals surface area contributed by atoms with E-state index < -0.39 is 23.3 Å². The van der Waals surface area contributed by atoms with Crippen LogP contribution in [0.2, 0.25) is 0 Å². The molecule has 9 heteroatoms. The maximum Gasteiger partial charge on any atom is 0.416 e. The molecular formula is C27H31F3N2O4. The number of benzene rings is 1. The first-order valence-electron chi connectivity index (χ1n) is 12.9. The van der Waals surface area contributed by atoms with E-state index in [9.17, 15) is 22.8 Å². The summed E-state index contributed by atoms with van der Waals surface area (Å²) in [5.41, 5.74) is 0.273. The van der Waals surface area contributed by atoms with E-state index in [0.717, 1.165) is 63.6 Å². The van der Waals surface area contributed by atoms with Gasteiger partial charge in [-0.15, -0.1) is 0 Å². The van der Waals surface area contributed by atoms with E-state index >= 15 is 0 Å². The predicted octanol–water partition coefficient (Wildman–Crippen LogP) is 3.97. The average molecular weight is 505 g/mol. The van der Waals surface area contributed by atoms with Gasteiger partial charge < -0.3 is 14.4 Å². The maximum absolute atomic E-state index is 14.0. The molecule has 4 heterocycles. The van der Waals surface area contributed by atoms with E-state index in [1.807, 2.05) is 0 Å². The fraction of sp³-hybridized carbons (Fsp3) is 0.630. The average Bonchev–Trinajstić information content (AvgIpc) is 3.58. The minimum Gasteiger partial charge on any atom is -0.450 e. The number of piperidine rings is 1. The molecule has 4 aliphatic heterocycles. The molecular weight excluding hydrogens is 473 g/mol. The van der Waals surface area contributed by atoms with Gasteiger partial charge in [0.2, 0.25) is 0 Å². The number of esters is 1. The quantitative estimate of drug-likeness (QED) is 0.571. The number of nitrogens with zero attached hydrogens (tertiary/aromatic N) is 2. The van der Waals surface area contributed by atoms with Crippen molar-refractivity contribution in [3.63, 3.8) is 0 Å². The minimum atomic E-state index is -4.44. The molecule has 6 nitrogen and oxygen atoms in total. The van der Waals surface area contributed by atoms with Crippen molar-refractivity contribution in [2.24, 2.45) is 0 Å². The molecule has 1 amide bonds. The van der Waals surface area contributed by atoms with E-state index in [-0.39, 0.29) is 17.9 Å². The first kappa shape index (κ1) is 24.0. The van der Waals surface area contributed by atoms with Gasteiger partial charge in [0.25, 0.3) is 5.91 Å². The molecule has 1 saturated carbocycles. The number of likely N-dealkylation sites (tertiary alicyclic amines) is 1. The van der Waals surface area contributed by atoms with Gasteiger partial charge in [-0.1, -0.05) is 6.07 Å². The molecule has 3 fully saturated rings. The Hall–Kier alpha value is -2.39. The summed E-state index contributed by atoms with van der Waals surface area (Å²) in [6, 6.07) is 4.36. The molecule has 1 aromatic carbocycles. The van der Waals surface area contributed by atoms with Crippen molar-refractivity contribution >= 4 is 11.9 Å². The third-order valence-corrected chi connectivity index (χ3v) is 8.95. The second kappa shape index (κ2) is 8.31. The number of ether oxygens (including phenoxy) is 2. The maximum atomic E-state index is 14.0. The van der Waals surface area contributed by atoms with E-state index in [2.05, 4.69) is 4.90 Å². The van der Waals surface area contributed by atoms with Crippen molar-refractivity contribution in [2.75, 3.05) is 32.8 Å². The summed E-state index contributed by atoms with van der Waals surface area (Å²) in [5.74, 6) is -0.733. The van der Waals surface area contributed by atoms with Gasteiger partial charge in [0.05, 0.1) is 11.1 Å². The molecule has 36 heavy (non-hydrogen) atoms. The first-order chi connectivity index (χ1) is 17.1. The van der Waals surface area contributed by atoms with Gasteiger partial charge >= 0.3 is 12.1 Å². The van der Waals surface area contributed by atoms with Gasteiger partial charge in [0.15, 0.2) is 0 Å². The van der Waals surface area contributed by atoms with Gasteiger partial charge in [0.1, 0.15) is 5.60 Å². The number of amides is 1. The molecule has 0 bridgehead atoms. The third kappa shape index (κ3) is 3.86. The van der Waals surface area contributed by atoms with Gasteiger partial charge in [0, 0.05) is 69.3 Å². The molecule has 1 aliphatic carbocycles. The highest BCUT2D eigenvalue weighted by Crippen LogP contribution is 2.54. The van der Waals surface area contributed by atoms with Crippen LogP contribution < -0.4 is 0 Å². The summed E-state index contributed by atoms with van der Waals surface area (Å²) in [6.07, 6.45) is 0.281. The zero-order valence-electron chi connectivity index (χ0n) is 20.5. The van der Waals surface area contributed by atoms with Crippen LogP contribution >= 0.6 is 0 Å². The van der Waals surface area contributed by atoms with Crippen molar-refractivity contribution in [3.8, 4) is 0 Å². The second-order valence-electron chi connectivity index (χ2n) is 11.1. The Morgan fingerprint density at radius 1 is 1.08 bits per heavy atom. The van der Waals surface area contributed by atoms with Crippen LogP contribution in [0.4, 0.5) is 13.2 Å². The normalized spacial score (nSPS) is 25.9. The molecule has 194 valence electrons. The molecule has 0 atom stereocenters. The lowest BCUT2D eigenvalue weighted by molar-refractivity contribution is -0.152. The number of alkyl halides is 3. The highest BCUT2D eigenvalue weighted by atomic mass is 19.4. The number of hydrogen-bond acceptors (Lipinski definition) is 5. The summed E-state index contributed by atoms with van der Waals surface area (Å²) in [7, 11) is 0. The van der Waals surface area contributed by atoms with Crippen LogP contribution in [0.25, 0.3) is 0 Å². The molecule has 2 spiro atoms. The highest BCUT2D eigenvalue weighted by Gasteiger charge is 2.55. The zero-order valence-corrected chi connectivity index (χ0v) is 20.5. The lowest BCUT2D eigenvalue weighted by Gasteiger charge is -2.44. The molecule has 6 rings (SSSR count).